The van der Waals surface area contributed by atoms with Crippen molar-refractivity contribution < 1.29 is 23.9 Å². The smallest absolute Gasteiger partial charge is 0.201 e. The molecule has 1 saturated heterocycles. The van der Waals surface area contributed by atoms with Gasteiger partial charge in [-0.05, 0) is 49.1 Å². The third-order valence-corrected chi connectivity index (χ3v) is 8.33. The van der Waals surface area contributed by atoms with E-state index in [-0.39, 0.29) is 5.78 Å². The number of thiophene rings is 1. The molecule has 5 nitrogen and oxygen atoms in total. The lowest BCUT2D eigenvalue weighted by Gasteiger charge is -2.40. The van der Waals surface area contributed by atoms with E-state index in [2.05, 4.69) is 37.4 Å². The maximum absolute atomic E-state index is 12.9. The normalized spacial score (nSPS) is 21.4. The van der Waals surface area contributed by atoms with Crippen LogP contribution in [-0.4, -0.2) is 55.8 Å². The molecule has 1 aliphatic rings. The fourth-order valence-corrected chi connectivity index (χ4v) is 6.16. The second-order valence-electron chi connectivity index (χ2n) is 9.82. The second-order valence-corrected chi connectivity index (χ2v) is 10.9. The number of quaternary nitrogens is 1. The van der Waals surface area contributed by atoms with Crippen molar-refractivity contribution in [3.63, 3.8) is 0 Å². The number of rotatable bonds is 10. The number of carbonyl (C=O) groups excluding carboxylic acids is 1. The van der Waals surface area contributed by atoms with E-state index in [4.69, 9.17) is 9.47 Å². The van der Waals surface area contributed by atoms with Gasteiger partial charge in [-0.15, -0.1) is 11.3 Å². The molecule has 1 fully saturated rings. The summed E-state index contributed by atoms with van der Waals surface area (Å²) in [6, 6.07) is 16.4. The standard InChI is InChI=1S/C28H36NO4S/c1-29(19-21-8-5-4-6-9-21)14-12-20(13-15-29)10-7-11-23(30)28(31)27-17-22-16-24(32-2)25(33-3)18-26(22)34-27/h4-6,8-9,16-18,20,23,30H,7,10-15,19H2,1-3H3/q+1. The second kappa shape index (κ2) is 10.9. The van der Waals surface area contributed by atoms with Crippen molar-refractivity contribution in [1.82, 2.24) is 0 Å². The van der Waals surface area contributed by atoms with Crippen molar-refractivity contribution >= 4 is 27.2 Å². The number of hydrogen-bond donors (Lipinski definition) is 1. The lowest BCUT2D eigenvalue weighted by Crippen LogP contribution is -2.48. The number of fused-ring (bicyclic) bond motifs is 1. The van der Waals surface area contributed by atoms with E-state index < -0.39 is 6.10 Å². The Morgan fingerprint density at radius 1 is 1.09 bits per heavy atom. The molecule has 0 saturated carbocycles. The molecule has 0 aliphatic carbocycles. The largest absolute Gasteiger partial charge is 0.493 e. The quantitative estimate of drug-likeness (QED) is 0.298. The highest BCUT2D eigenvalue weighted by atomic mass is 32.1. The minimum atomic E-state index is -0.945. The molecular weight excluding hydrogens is 446 g/mol. The van der Waals surface area contributed by atoms with Crippen LogP contribution in [0.5, 0.6) is 11.5 Å². The fourth-order valence-electron chi connectivity index (χ4n) is 5.10. The summed E-state index contributed by atoms with van der Waals surface area (Å²) >= 11 is 1.40. The summed E-state index contributed by atoms with van der Waals surface area (Å²) in [5, 5.41) is 11.5. The van der Waals surface area contributed by atoms with Gasteiger partial charge in [-0.1, -0.05) is 36.8 Å². The van der Waals surface area contributed by atoms with E-state index in [1.165, 1.54) is 42.8 Å². The maximum Gasteiger partial charge on any atom is 0.201 e. The number of methoxy groups -OCH3 is 2. The van der Waals surface area contributed by atoms with Gasteiger partial charge in [-0.3, -0.25) is 4.79 Å². The van der Waals surface area contributed by atoms with E-state index in [0.29, 0.717) is 28.7 Å². The fraction of sp³-hybridized carbons (Fsp3) is 0.464. The number of piperidine rings is 1. The highest BCUT2D eigenvalue weighted by Gasteiger charge is 2.30. The van der Waals surface area contributed by atoms with Crippen molar-refractivity contribution in [2.24, 2.45) is 5.92 Å². The number of benzene rings is 2. The minimum Gasteiger partial charge on any atom is -0.493 e. The van der Waals surface area contributed by atoms with Gasteiger partial charge >= 0.3 is 0 Å². The average Bonchev–Trinajstić information content (AvgIpc) is 3.27. The van der Waals surface area contributed by atoms with Crippen LogP contribution in [0.15, 0.2) is 48.5 Å². The molecule has 1 aliphatic heterocycles. The minimum absolute atomic E-state index is 0.185. The molecule has 0 spiro atoms. The highest BCUT2D eigenvalue weighted by Crippen LogP contribution is 2.37. The zero-order valence-electron chi connectivity index (χ0n) is 20.5. The molecule has 182 valence electrons. The summed E-state index contributed by atoms with van der Waals surface area (Å²) in [6.45, 7) is 3.47. The van der Waals surface area contributed by atoms with Crippen LogP contribution in [0.1, 0.15) is 47.3 Å². The summed E-state index contributed by atoms with van der Waals surface area (Å²) < 4.78 is 12.8. The summed E-state index contributed by atoms with van der Waals surface area (Å²) in [6.07, 6.45) is 3.97. The Bertz CT molecular complexity index is 1060. The van der Waals surface area contributed by atoms with E-state index in [1.807, 2.05) is 18.2 Å². The molecule has 1 aromatic heterocycles. The molecule has 1 N–H and O–H groups in total. The van der Waals surface area contributed by atoms with Crippen LogP contribution in [0.25, 0.3) is 10.1 Å². The van der Waals surface area contributed by atoms with E-state index in [1.54, 1.807) is 14.2 Å². The van der Waals surface area contributed by atoms with Crippen LogP contribution >= 0.6 is 11.3 Å². The van der Waals surface area contributed by atoms with E-state index in [9.17, 15) is 9.90 Å². The number of carbonyl (C=O) groups is 1. The average molecular weight is 483 g/mol. The number of aliphatic hydroxyl groups excluding tert-OH is 1. The molecule has 6 heteroatoms. The van der Waals surface area contributed by atoms with Crippen LogP contribution in [0.2, 0.25) is 0 Å². The third-order valence-electron chi connectivity index (χ3n) is 7.22. The van der Waals surface area contributed by atoms with Gasteiger partial charge in [0.25, 0.3) is 0 Å². The predicted molar refractivity (Wildman–Crippen MR) is 138 cm³/mol. The summed E-state index contributed by atoms with van der Waals surface area (Å²) in [5.74, 6) is 1.78. The lowest BCUT2D eigenvalue weighted by atomic mass is 9.89. The van der Waals surface area contributed by atoms with Crippen molar-refractivity contribution in [1.29, 1.82) is 0 Å². The maximum atomic E-state index is 12.9. The summed E-state index contributed by atoms with van der Waals surface area (Å²) in [4.78, 5) is 13.4. The van der Waals surface area contributed by atoms with Crippen LogP contribution in [0, 0.1) is 5.92 Å². The van der Waals surface area contributed by atoms with Crippen molar-refractivity contribution in [2.45, 2.75) is 44.8 Å². The van der Waals surface area contributed by atoms with Crippen LogP contribution in [0.3, 0.4) is 0 Å². The zero-order chi connectivity index (χ0) is 24.1. The number of ketones is 1. The molecule has 2 heterocycles. The number of nitrogens with zero attached hydrogens (tertiary/aromatic N) is 1. The van der Waals surface area contributed by atoms with Gasteiger partial charge < -0.3 is 19.1 Å². The Morgan fingerprint density at radius 2 is 1.76 bits per heavy atom. The summed E-state index contributed by atoms with van der Waals surface area (Å²) in [7, 11) is 5.56. The van der Waals surface area contributed by atoms with Crippen molar-refractivity contribution in [3.05, 3.63) is 59.0 Å². The molecule has 0 radical (unpaired) electrons. The first-order valence-electron chi connectivity index (χ1n) is 12.2. The highest BCUT2D eigenvalue weighted by molar-refractivity contribution is 7.20. The molecule has 0 amide bonds. The zero-order valence-corrected chi connectivity index (χ0v) is 21.3. The SMILES string of the molecule is COc1cc2cc(C(=O)C(O)CCCC3CC[N+](C)(Cc4ccccc4)CC3)sc2cc1OC. The number of aliphatic hydroxyl groups is 1. The monoisotopic (exact) mass is 482 g/mol. The Hall–Kier alpha value is -2.41. The molecule has 2 aromatic carbocycles. The Kier molecular flexibility index (Phi) is 7.91. The molecule has 4 rings (SSSR count). The van der Waals surface area contributed by atoms with Gasteiger partial charge in [0, 0.05) is 16.3 Å². The van der Waals surface area contributed by atoms with E-state index in [0.717, 1.165) is 34.0 Å². The first-order chi connectivity index (χ1) is 16.4. The predicted octanol–water partition coefficient (Wildman–Crippen LogP) is 5.69. The van der Waals surface area contributed by atoms with Crippen LogP contribution in [0.4, 0.5) is 0 Å². The number of ether oxygens (including phenoxy) is 2. The van der Waals surface area contributed by atoms with Gasteiger partial charge in [0.1, 0.15) is 12.6 Å². The van der Waals surface area contributed by atoms with Gasteiger partial charge in [0.2, 0.25) is 5.78 Å². The van der Waals surface area contributed by atoms with Crippen LogP contribution in [-0.2, 0) is 6.54 Å². The molecule has 3 aromatic rings. The topological polar surface area (TPSA) is 55.8 Å². The third kappa shape index (κ3) is 5.80. The molecule has 34 heavy (non-hydrogen) atoms. The Morgan fingerprint density at radius 3 is 2.44 bits per heavy atom. The van der Waals surface area contributed by atoms with Gasteiger partial charge in [-0.25, -0.2) is 0 Å². The molecular formula is C28H36NO4S+. The number of Topliss-reactive ketones (excluding diaryl/α,β-unsaturated/α-hetero) is 1. The summed E-state index contributed by atoms with van der Waals surface area (Å²) in [5.41, 5.74) is 1.41. The first kappa shape index (κ1) is 24.7. The number of hydrogen-bond acceptors (Lipinski definition) is 5. The first-order valence-corrected chi connectivity index (χ1v) is 13.0. The Labute approximate surface area is 206 Å². The van der Waals surface area contributed by atoms with Crippen LogP contribution < -0.4 is 9.47 Å². The Balaban J connectivity index is 1.26. The van der Waals surface area contributed by atoms with E-state index >= 15 is 0 Å². The lowest BCUT2D eigenvalue weighted by molar-refractivity contribution is -0.928. The van der Waals surface area contributed by atoms with Crippen molar-refractivity contribution in [2.75, 3.05) is 34.4 Å². The number of likely N-dealkylation sites (tertiary alicyclic amines) is 1. The van der Waals surface area contributed by atoms with Crippen molar-refractivity contribution in [3.8, 4) is 11.5 Å². The van der Waals surface area contributed by atoms with Gasteiger partial charge in [-0.2, -0.15) is 0 Å². The molecule has 1 atom stereocenters. The van der Waals surface area contributed by atoms with Gasteiger partial charge in [0.15, 0.2) is 11.5 Å². The molecule has 1 unspecified atom stereocenters. The molecule has 0 bridgehead atoms. The van der Waals surface area contributed by atoms with Gasteiger partial charge in [0.05, 0.1) is 39.2 Å².